The Kier molecular flexibility index (Phi) is 5.78. The topological polar surface area (TPSA) is 112 Å². The number of hydrogen-bond acceptors (Lipinski definition) is 5. The molecule has 8 nitrogen and oxygen atoms in total. The molecule has 1 aromatic carbocycles. The van der Waals surface area contributed by atoms with E-state index in [2.05, 4.69) is 25.6 Å². The van der Waals surface area contributed by atoms with Crippen molar-refractivity contribution in [3.05, 3.63) is 77.3 Å². The van der Waals surface area contributed by atoms with Gasteiger partial charge in [-0.2, -0.15) is 15.5 Å². The number of benzene rings is 1. The van der Waals surface area contributed by atoms with Crippen LogP contribution in [0.3, 0.4) is 0 Å². The first-order valence-electron chi connectivity index (χ1n) is 9.53. The van der Waals surface area contributed by atoms with E-state index in [4.69, 9.17) is 16.9 Å². The third-order valence-corrected chi connectivity index (χ3v) is 4.96. The van der Waals surface area contributed by atoms with Crippen LogP contribution in [0.15, 0.2) is 61.1 Å². The lowest BCUT2D eigenvalue weighted by molar-refractivity contribution is 0.0931. The summed E-state index contributed by atoms with van der Waals surface area (Å²) in [6.07, 6.45) is 5.21. The number of hydrogen-bond donors (Lipinski definition) is 2. The SMILES string of the molecule is CC(Cn1ccc(-c2ccc(C#N)c(Cl)c2)n1)NC(=O)c1cc(-c2cccnc2)n[nH]1. The average Bonchev–Trinajstić information content (AvgIpc) is 3.44. The summed E-state index contributed by atoms with van der Waals surface area (Å²) in [4.78, 5) is 16.6. The van der Waals surface area contributed by atoms with Gasteiger partial charge in [0.25, 0.3) is 5.91 Å². The number of carbonyl (C=O) groups excluding carboxylic acids is 1. The zero-order chi connectivity index (χ0) is 21.8. The number of nitrogens with one attached hydrogen (secondary N) is 2. The predicted octanol–water partition coefficient (Wildman–Crippen LogP) is 3.68. The maximum Gasteiger partial charge on any atom is 0.269 e. The average molecular weight is 432 g/mol. The molecular weight excluding hydrogens is 414 g/mol. The fourth-order valence-corrected chi connectivity index (χ4v) is 3.33. The van der Waals surface area contributed by atoms with Crippen molar-refractivity contribution in [2.75, 3.05) is 0 Å². The van der Waals surface area contributed by atoms with Gasteiger partial charge in [0.2, 0.25) is 0 Å². The minimum Gasteiger partial charge on any atom is -0.346 e. The Morgan fingerprint density at radius 1 is 1.26 bits per heavy atom. The summed E-state index contributed by atoms with van der Waals surface area (Å²) >= 11 is 6.11. The number of H-pyrrole nitrogens is 1. The molecule has 0 aliphatic heterocycles. The molecule has 0 saturated heterocycles. The van der Waals surface area contributed by atoms with Gasteiger partial charge < -0.3 is 5.32 Å². The molecule has 154 valence electrons. The molecule has 1 unspecified atom stereocenters. The lowest BCUT2D eigenvalue weighted by Gasteiger charge is -2.13. The second-order valence-corrected chi connectivity index (χ2v) is 7.42. The van der Waals surface area contributed by atoms with E-state index in [1.54, 1.807) is 41.3 Å². The third kappa shape index (κ3) is 4.63. The summed E-state index contributed by atoms with van der Waals surface area (Å²) in [7, 11) is 0. The van der Waals surface area contributed by atoms with Crippen LogP contribution < -0.4 is 5.32 Å². The van der Waals surface area contributed by atoms with E-state index in [-0.39, 0.29) is 11.9 Å². The number of aromatic nitrogens is 5. The van der Waals surface area contributed by atoms with Crippen LogP contribution in [0.2, 0.25) is 5.02 Å². The van der Waals surface area contributed by atoms with E-state index >= 15 is 0 Å². The first-order chi connectivity index (χ1) is 15.0. The van der Waals surface area contributed by atoms with E-state index in [1.165, 1.54) is 0 Å². The minimum absolute atomic E-state index is 0.171. The number of pyridine rings is 1. The highest BCUT2D eigenvalue weighted by Gasteiger charge is 2.15. The smallest absolute Gasteiger partial charge is 0.269 e. The van der Waals surface area contributed by atoms with Gasteiger partial charge in [0, 0.05) is 35.8 Å². The van der Waals surface area contributed by atoms with Crippen LogP contribution in [0, 0.1) is 11.3 Å². The summed E-state index contributed by atoms with van der Waals surface area (Å²) in [5.41, 5.74) is 3.84. The van der Waals surface area contributed by atoms with Gasteiger partial charge in [-0.3, -0.25) is 19.6 Å². The summed E-state index contributed by atoms with van der Waals surface area (Å²) in [6.45, 7) is 2.38. The van der Waals surface area contributed by atoms with Crippen molar-refractivity contribution in [3.8, 4) is 28.6 Å². The Morgan fingerprint density at radius 2 is 2.13 bits per heavy atom. The first-order valence-corrected chi connectivity index (χ1v) is 9.91. The molecule has 0 aliphatic rings. The Bertz CT molecular complexity index is 1260. The molecule has 3 heterocycles. The zero-order valence-electron chi connectivity index (χ0n) is 16.6. The van der Waals surface area contributed by atoms with Crippen LogP contribution in [-0.2, 0) is 6.54 Å². The summed E-state index contributed by atoms with van der Waals surface area (Å²) < 4.78 is 1.75. The monoisotopic (exact) mass is 431 g/mol. The van der Waals surface area contributed by atoms with Gasteiger partial charge in [-0.05, 0) is 43.3 Å². The largest absolute Gasteiger partial charge is 0.346 e. The second-order valence-electron chi connectivity index (χ2n) is 7.01. The molecule has 1 amide bonds. The molecule has 0 spiro atoms. The summed E-state index contributed by atoms with van der Waals surface area (Å²) in [5, 5.41) is 23.8. The Balaban J connectivity index is 1.39. The Hall–Kier alpha value is -3.96. The summed E-state index contributed by atoms with van der Waals surface area (Å²) in [6, 6.07) is 14.3. The molecule has 2 N–H and O–H groups in total. The van der Waals surface area contributed by atoms with Crippen LogP contribution in [0.25, 0.3) is 22.5 Å². The lowest BCUT2D eigenvalue weighted by Crippen LogP contribution is -2.36. The molecule has 31 heavy (non-hydrogen) atoms. The number of nitrogens with zero attached hydrogens (tertiary/aromatic N) is 5. The molecule has 1 atom stereocenters. The van der Waals surface area contributed by atoms with Crippen molar-refractivity contribution < 1.29 is 4.79 Å². The molecule has 4 aromatic rings. The highest BCUT2D eigenvalue weighted by atomic mass is 35.5. The highest BCUT2D eigenvalue weighted by Crippen LogP contribution is 2.24. The van der Waals surface area contributed by atoms with Gasteiger partial charge >= 0.3 is 0 Å². The highest BCUT2D eigenvalue weighted by molar-refractivity contribution is 6.32. The second kappa shape index (κ2) is 8.81. The van der Waals surface area contributed by atoms with Gasteiger partial charge in [-0.25, -0.2) is 0 Å². The Morgan fingerprint density at radius 3 is 2.87 bits per heavy atom. The molecule has 3 aromatic heterocycles. The van der Waals surface area contributed by atoms with E-state index < -0.39 is 0 Å². The molecular formula is C22H18ClN7O. The van der Waals surface area contributed by atoms with Gasteiger partial charge in [-0.15, -0.1) is 0 Å². The number of amides is 1. The van der Waals surface area contributed by atoms with Gasteiger partial charge in [0.05, 0.1) is 28.5 Å². The molecule has 0 aliphatic carbocycles. The summed E-state index contributed by atoms with van der Waals surface area (Å²) in [5.74, 6) is -0.249. The molecule has 0 bridgehead atoms. The molecule has 4 rings (SSSR count). The molecule has 0 fully saturated rings. The van der Waals surface area contributed by atoms with Gasteiger partial charge in [-0.1, -0.05) is 17.7 Å². The lowest BCUT2D eigenvalue weighted by atomic mass is 10.1. The molecule has 0 saturated carbocycles. The van der Waals surface area contributed by atoms with Crippen molar-refractivity contribution in [2.24, 2.45) is 0 Å². The van der Waals surface area contributed by atoms with Crippen LogP contribution >= 0.6 is 11.6 Å². The van der Waals surface area contributed by atoms with Gasteiger partial charge in [0.15, 0.2) is 0 Å². The van der Waals surface area contributed by atoms with Crippen LogP contribution in [-0.4, -0.2) is 36.9 Å². The third-order valence-electron chi connectivity index (χ3n) is 4.64. The zero-order valence-corrected chi connectivity index (χ0v) is 17.3. The quantitative estimate of drug-likeness (QED) is 0.483. The first kappa shape index (κ1) is 20.3. The predicted molar refractivity (Wildman–Crippen MR) is 116 cm³/mol. The number of halogens is 1. The van der Waals surface area contributed by atoms with E-state index in [1.807, 2.05) is 37.4 Å². The minimum atomic E-state index is -0.249. The van der Waals surface area contributed by atoms with Crippen molar-refractivity contribution in [1.82, 2.24) is 30.3 Å². The van der Waals surface area contributed by atoms with Gasteiger partial charge in [0.1, 0.15) is 11.8 Å². The number of nitriles is 1. The van der Waals surface area contributed by atoms with E-state index in [0.717, 1.165) is 16.8 Å². The maximum atomic E-state index is 12.5. The van der Waals surface area contributed by atoms with Crippen molar-refractivity contribution in [2.45, 2.75) is 19.5 Å². The fraction of sp³-hybridized carbons (Fsp3) is 0.136. The Labute approximate surface area is 183 Å². The number of rotatable bonds is 6. The fourth-order valence-electron chi connectivity index (χ4n) is 3.11. The maximum absolute atomic E-state index is 12.5. The van der Waals surface area contributed by atoms with Crippen molar-refractivity contribution in [3.63, 3.8) is 0 Å². The molecule has 9 heteroatoms. The normalized spacial score (nSPS) is 11.6. The van der Waals surface area contributed by atoms with Crippen molar-refractivity contribution >= 4 is 17.5 Å². The van der Waals surface area contributed by atoms with Crippen LogP contribution in [0.4, 0.5) is 0 Å². The van der Waals surface area contributed by atoms with E-state index in [9.17, 15) is 4.79 Å². The molecule has 0 radical (unpaired) electrons. The van der Waals surface area contributed by atoms with Crippen LogP contribution in [0.1, 0.15) is 23.0 Å². The standard InChI is InChI=1S/C22H18ClN7O/c1-14(26-22(31)21-10-20(27-28-21)17-3-2-7-25-12-17)13-30-8-6-19(29-30)15-4-5-16(11-24)18(23)9-15/h2-10,12,14H,13H2,1H3,(H,26,31)(H,27,28). The van der Waals surface area contributed by atoms with Crippen molar-refractivity contribution in [1.29, 1.82) is 5.26 Å². The number of aromatic amines is 1. The number of carbonyl (C=O) groups is 1. The van der Waals surface area contributed by atoms with Crippen LogP contribution in [0.5, 0.6) is 0 Å². The van der Waals surface area contributed by atoms with E-state index in [0.29, 0.717) is 28.5 Å².